The van der Waals surface area contributed by atoms with E-state index in [0.717, 1.165) is 57.3 Å². The molecule has 0 radical (unpaired) electrons. The van der Waals surface area contributed by atoms with E-state index in [4.69, 9.17) is 23.2 Å². The number of hydrogen-bond acceptors (Lipinski definition) is 8. The summed E-state index contributed by atoms with van der Waals surface area (Å²) in [5.74, 6) is 0. The monoisotopic (exact) mass is 532 g/mol. The van der Waals surface area contributed by atoms with E-state index in [1.165, 1.54) is 25.7 Å². The molecule has 2 aromatic heterocycles. The molecule has 2 heterocycles. The van der Waals surface area contributed by atoms with E-state index < -0.39 is 0 Å². The Balaban J connectivity index is 1.06. The third kappa shape index (κ3) is 8.20. The first-order valence-electron chi connectivity index (χ1n) is 11.3. The zero-order valence-electron chi connectivity index (χ0n) is 18.6. The van der Waals surface area contributed by atoms with Crippen LogP contribution in [0.15, 0.2) is 48.5 Å². The first-order valence-corrected chi connectivity index (χ1v) is 13.7. The van der Waals surface area contributed by atoms with Crippen LogP contribution in [0.1, 0.15) is 48.5 Å². The highest BCUT2D eigenvalue weighted by atomic mass is 35.5. The molecule has 0 saturated heterocycles. The van der Waals surface area contributed by atoms with Crippen LogP contribution in [0, 0.1) is 0 Å². The minimum atomic E-state index is 0.702. The van der Waals surface area contributed by atoms with Gasteiger partial charge in [0.15, 0.2) is 0 Å². The van der Waals surface area contributed by atoms with Crippen LogP contribution in [0.4, 0.5) is 21.6 Å². The summed E-state index contributed by atoms with van der Waals surface area (Å²) in [6.07, 6.45) is 9.13. The lowest BCUT2D eigenvalue weighted by atomic mass is 10.1. The second-order valence-corrected chi connectivity index (χ2v) is 10.9. The summed E-state index contributed by atoms with van der Waals surface area (Å²) < 4.78 is 0. The highest BCUT2D eigenvalue weighted by molar-refractivity contribution is 7.15. The fourth-order valence-electron chi connectivity index (χ4n) is 3.45. The van der Waals surface area contributed by atoms with Gasteiger partial charge in [0.1, 0.15) is 10.0 Å². The van der Waals surface area contributed by atoms with Gasteiger partial charge in [-0.15, -0.1) is 20.4 Å². The molecule has 0 aliphatic rings. The van der Waals surface area contributed by atoms with Crippen LogP contribution >= 0.6 is 45.9 Å². The van der Waals surface area contributed by atoms with Gasteiger partial charge >= 0.3 is 0 Å². The molecule has 4 aromatic rings. The maximum Gasteiger partial charge on any atom is 0.210 e. The van der Waals surface area contributed by atoms with Crippen molar-refractivity contribution in [2.75, 3.05) is 10.6 Å². The summed E-state index contributed by atoms with van der Waals surface area (Å²) >= 11 is 15.3. The van der Waals surface area contributed by atoms with Gasteiger partial charge in [0.25, 0.3) is 0 Å². The molecule has 0 fully saturated rings. The summed E-state index contributed by atoms with van der Waals surface area (Å²) in [6.45, 7) is 0. The number of halogens is 2. The summed E-state index contributed by atoms with van der Waals surface area (Å²) in [5.41, 5.74) is 1.86. The van der Waals surface area contributed by atoms with Gasteiger partial charge in [-0.05, 0) is 49.2 Å². The van der Waals surface area contributed by atoms with Gasteiger partial charge in [-0.2, -0.15) is 0 Å². The van der Waals surface area contributed by atoms with E-state index in [2.05, 4.69) is 31.0 Å². The highest BCUT2D eigenvalue weighted by Crippen LogP contribution is 2.25. The van der Waals surface area contributed by atoms with Gasteiger partial charge in [0.2, 0.25) is 10.3 Å². The van der Waals surface area contributed by atoms with Gasteiger partial charge in [-0.3, -0.25) is 0 Å². The van der Waals surface area contributed by atoms with E-state index in [-0.39, 0.29) is 0 Å². The summed E-state index contributed by atoms with van der Waals surface area (Å²) in [7, 11) is 0. The maximum absolute atomic E-state index is 6.03. The number of anilines is 4. The first-order chi connectivity index (χ1) is 16.6. The van der Waals surface area contributed by atoms with Crippen molar-refractivity contribution >= 4 is 67.5 Å². The Kier molecular flexibility index (Phi) is 9.50. The van der Waals surface area contributed by atoms with Gasteiger partial charge in [0, 0.05) is 34.3 Å². The molecule has 0 unspecified atom stereocenters. The number of nitrogens with zero attached hydrogens (tertiary/aromatic N) is 4. The SMILES string of the molecule is Clc1cccc(Nc2nnc(CCCCCCCCc3nnc(Nc4cccc(Cl)c4)s3)s2)c1. The molecule has 0 saturated carbocycles. The molecular formula is C24H26Cl2N6S2. The van der Waals surface area contributed by atoms with Gasteiger partial charge in [-0.25, -0.2) is 0 Å². The topological polar surface area (TPSA) is 75.6 Å². The fourth-order valence-corrected chi connectivity index (χ4v) is 5.43. The van der Waals surface area contributed by atoms with Crippen molar-refractivity contribution in [3.63, 3.8) is 0 Å². The number of aromatic nitrogens is 4. The normalized spacial score (nSPS) is 11.0. The maximum atomic E-state index is 6.03. The van der Waals surface area contributed by atoms with E-state index in [1.807, 2.05) is 48.5 Å². The van der Waals surface area contributed by atoms with Crippen molar-refractivity contribution in [3.05, 3.63) is 68.6 Å². The van der Waals surface area contributed by atoms with Crippen LogP contribution in [0.25, 0.3) is 0 Å². The third-order valence-electron chi connectivity index (χ3n) is 5.12. The van der Waals surface area contributed by atoms with Crippen LogP contribution in [-0.4, -0.2) is 20.4 Å². The number of rotatable bonds is 13. The Morgan fingerprint density at radius 3 is 1.47 bits per heavy atom. The Hall–Kier alpha value is -2.26. The number of hydrogen-bond donors (Lipinski definition) is 2. The molecule has 4 rings (SSSR count). The zero-order valence-corrected chi connectivity index (χ0v) is 21.8. The Morgan fingerprint density at radius 1 is 0.588 bits per heavy atom. The molecule has 6 nitrogen and oxygen atoms in total. The van der Waals surface area contributed by atoms with E-state index in [9.17, 15) is 0 Å². The first kappa shape index (κ1) is 24.9. The second-order valence-electron chi connectivity index (χ2n) is 7.89. The lowest BCUT2D eigenvalue weighted by molar-refractivity contribution is 0.591. The van der Waals surface area contributed by atoms with Gasteiger partial charge in [-0.1, -0.05) is 83.7 Å². The minimum absolute atomic E-state index is 0.702. The van der Waals surface area contributed by atoms with E-state index in [0.29, 0.717) is 10.0 Å². The average molecular weight is 534 g/mol. The quantitative estimate of drug-likeness (QED) is 0.168. The minimum Gasteiger partial charge on any atom is -0.330 e. The molecule has 0 aliphatic heterocycles. The largest absolute Gasteiger partial charge is 0.330 e. The summed E-state index contributed by atoms with van der Waals surface area (Å²) in [5, 5.41) is 28.7. The molecule has 0 spiro atoms. The molecule has 34 heavy (non-hydrogen) atoms. The smallest absolute Gasteiger partial charge is 0.210 e. The van der Waals surface area contributed by atoms with Crippen LogP contribution in [-0.2, 0) is 12.8 Å². The van der Waals surface area contributed by atoms with E-state index in [1.54, 1.807) is 22.7 Å². The second kappa shape index (κ2) is 13.0. The van der Waals surface area contributed by atoms with Crippen molar-refractivity contribution in [3.8, 4) is 0 Å². The standard InChI is InChI=1S/C24H26Cl2N6S2/c25-17-9-7-11-19(15-17)27-23-31-29-21(33-23)13-5-3-1-2-4-6-14-22-30-32-24(34-22)28-20-12-8-10-18(26)16-20/h7-12,15-16H,1-6,13-14H2,(H,27,31)(H,28,32). The Morgan fingerprint density at radius 2 is 1.03 bits per heavy atom. The summed E-state index contributed by atoms with van der Waals surface area (Å²) in [6, 6.07) is 15.2. The molecule has 0 aliphatic carbocycles. The Bertz CT molecular complexity index is 1090. The number of aryl methyl sites for hydroxylation is 2. The average Bonchev–Trinajstić information content (AvgIpc) is 3.45. The van der Waals surface area contributed by atoms with Crippen LogP contribution in [0.3, 0.4) is 0 Å². The lowest BCUT2D eigenvalue weighted by Crippen LogP contribution is -1.88. The molecule has 0 amide bonds. The van der Waals surface area contributed by atoms with Crippen LogP contribution in [0.2, 0.25) is 10.0 Å². The van der Waals surface area contributed by atoms with Crippen LogP contribution < -0.4 is 10.6 Å². The zero-order chi connectivity index (χ0) is 23.6. The Labute approximate surface area is 217 Å². The fraction of sp³-hybridized carbons (Fsp3) is 0.333. The van der Waals surface area contributed by atoms with Crippen molar-refractivity contribution < 1.29 is 0 Å². The predicted octanol–water partition coefficient (Wildman–Crippen LogP) is 8.31. The molecule has 2 N–H and O–H groups in total. The predicted molar refractivity (Wildman–Crippen MR) is 144 cm³/mol. The number of unbranched alkanes of at least 4 members (excludes halogenated alkanes) is 5. The molecule has 2 aromatic carbocycles. The third-order valence-corrected chi connectivity index (χ3v) is 7.38. The molecule has 10 heteroatoms. The van der Waals surface area contributed by atoms with Crippen molar-refractivity contribution in [2.45, 2.75) is 51.4 Å². The van der Waals surface area contributed by atoms with Crippen molar-refractivity contribution in [2.24, 2.45) is 0 Å². The van der Waals surface area contributed by atoms with E-state index >= 15 is 0 Å². The molecular weight excluding hydrogens is 507 g/mol. The summed E-state index contributed by atoms with van der Waals surface area (Å²) in [4.78, 5) is 0. The van der Waals surface area contributed by atoms with Crippen molar-refractivity contribution in [1.29, 1.82) is 0 Å². The number of nitrogens with one attached hydrogen (secondary N) is 2. The highest BCUT2D eigenvalue weighted by Gasteiger charge is 2.06. The molecule has 0 atom stereocenters. The van der Waals surface area contributed by atoms with Crippen LogP contribution in [0.5, 0.6) is 0 Å². The van der Waals surface area contributed by atoms with Gasteiger partial charge < -0.3 is 10.6 Å². The molecule has 178 valence electrons. The number of benzene rings is 2. The van der Waals surface area contributed by atoms with Gasteiger partial charge in [0.05, 0.1) is 0 Å². The molecule has 0 bridgehead atoms. The van der Waals surface area contributed by atoms with Crippen molar-refractivity contribution in [1.82, 2.24) is 20.4 Å². The lowest BCUT2D eigenvalue weighted by Gasteiger charge is -2.01.